The van der Waals surface area contributed by atoms with Crippen LogP contribution < -0.4 is 5.32 Å². The van der Waals surface area contributed by atoms with Crippen LogP contribution in [0.3, 0.4) is 0 Å². The number of sulfonamides is 1. The SMILES string of the molecule is CNCCCc1ccc(S(=O)(=O)N(C)C2CCSC2)cc1. The molecule has 1 saturated heterocycles. The highest BCUT2D eigenvalue weighted by Gasteiger charge is 2.30. The lowest BCUT2D eigenvalue weighted by atomic mass is 10.1. The molecule has 1 aliphatic rings. The molecule has 0 aliphatic carbocycles. The lowest BCUT2D eigenvalue weighted by Crippen LogP contribution is -2.36. The summed E-state index contributed by atoms with van der Waals surface area (Å²) in [5, 5.41) is 3.12. The van der Waals surface area contributed by atoms with Gasteiger partial charge in [-0.2, -0.15) is 16.1 Å². The summed E-state index contributed by atoms with van der Waals surface area (Å²) < 4.78 is 26.7. The van der Waals surface area contributed by atoms with Gasteiger partial charge in [0.1, 0.15) is 0 Å². The molecule has 1 aliphatic heterocycles. The lowest BCUT2D eigenvalue weighted by molar-refractivity contribution is 0.394. The quantitative estimate of drug-likeness (QED) is 0.778. The van der Waals surface area contributed by atoms with E-state index >= 15 is 0 Å². The Morgan fingerprint density at radius 2 is 2.05 bits per heavy atom. The molecule has 1 aromatic carbocycles. The van der Waals surface area contributed by atoms with E-state index in [1.165, 1.54) is 5.56 Å². The number of nitrogens with zero attached hydrogens (tertiary/aromatic N) is 1. The Morgan fingerprint density at radius 3 is 2.62 bits per heavy atom. The Bertz CT molecular complexity index is 537. The third-order valence-corrected chi connectivity index (χ3v) is 6.98. The summed E-state index contributed by atoms with van der Waals surface area (Å²) in [7, 11) is 0.282. The highest BCUT2D eigenvalue weighted by atomic mass is 32.2. The van der Waals surface area contributed by atoms with Crippen LogP contribution in [-0.4, -0.2) is 50.9 Å². The van der Waals surface area contributed by atoms with Gasteiger partial charge in [-0.05, 0) is 56.3 Å². The molecule has 0 amide bonds. The summed E-state index contributed by atoms with van der Waals surface area (Å²) in [5.41, 5.74) is 1.18. The van der Waals surface area contributed by atoms with E-state index in [4.69, 9.17) is 0 Å². The van der Waals surface area contributed by atoms with E-state index in [1.54, 1.807) is 23.5 Å². The molecule has 0 radical (unpaired) electrons. The van der Waals surface area contributed by atoms with Crippen LogP contribution in [-0.2, 0) is 16.4 Å². The van der Waals surface area contributed by atoms with Crippen molar-refractivity contribution >= 4 is 21.8 Å². The van der Waals surface area contributed by atoms with E-state index in [9.17, 15) is 8.42 Å². The highest BCUT2D eigenvalue weighted by molar-refractivity contribution is 7.99. The zero-order valence-corrected chi connectivity index (χ0v) is 14.3. The highest BCUT2D eigenvalue weighted by Crippen LogP contribution is 2.26. The van der Waals surface area contributed by atoms with Gasteiger partial charge in [-0.15, -0.1) is 0 Å². The van der Waals surface area contributed by atoms with Gasteiger partial charge in [0, 0.05) is 18.8 Å². The van der Waals surface area contributed by atoms with Crippen LogP contribution in [0.25, 0.3) is 0 Å². The van der Waals surface area contributed by atoms with E-state index < -0.39 is 10.0 Å². The number of thioether (sulfide) groups is 1. The third-order valence-electron chi connectivity index (χ3n) is 3.91. The van der Waals surface area contributed by atoms with Crippen molar-refractivity contribution in [1.29, 1.82) is 0 Å². The topological polar surface area (TPSA) is 49.4 Å². The normalized spacial score (nSPS) is 19.3. The molecule has 1 atom stereocenters. The van der Waals surface area contributed by atoms with E-state index in [0.29, 0.717) is 4.90 Å². The van der Waals surface area contributed by atoms with Crippen LogP contribution in [0.15, 0.2) is 29.2 Å². The van der Waals surface area contributed by atoms with Crippen molar-refractivity contribution in [2.45, 2.75) is 30.2 Å². The average Bonchev–Trinajstić information content (AvgIpc) is 3.01. The first-order chi connectivity index (χ1) is 10.1. The predicted molar refractivity (Wildman–Crippen MR) is 89.4 cm³/mol. The predicted octanol–water partition coefficient (Wildman–Crippen LogP) is 1.96. The van der Waals surface area contributed by atoms with Crippen molar-refractivity contribution in [2.24, 2.45) is 0 Å². The largest absolute Gasteiger partial charge is 0.320 e. The molecule has 1 heterocycles. The summed E-state index contributed by atoms with van der Waals surface area (Å²) >= 11 is 1.82. The second-order valence-corrected chi connectivity index (χ2v) is 8.54. The summed E-state index contributed by atoms with van der Waals surface area (Å²) in [5.74, 6) is 1.95. The molecule has 21 heavy (non-hydrogen) atoms. The first-order valence-corrected chi connectivity index (χ1v) is 9.94. The van der Waals surface area contributed by atoms with Crippen molar-refractivity contribution in [3.8, 4) is 0 Å². The molecule has 1 N–H and O–H groups in total. The fourth-order valence-electron chi connectivity index (χ4n) is 2.47. The Balaban J connectivity index is 2.05. The van der Waals surface area contributed by atoms with Crippen molar-refractivity contribution in [1.82, 2.24) is 9.62 Å². The second-order valence-electron chi connectivity index (χ2n) is 5.39. The molecule has 0 spiro atoms. The van der Waals surface area contributed by atoms with Gasteiger partial charge in [-0.25, -0.2) is 8.42 Å². The van der Waals surface area contributed by atoms with Crippen molar-refractivity contribution in [2.75, 3.05) is 32.1 Å². The number of benzene rings is 1. The van der Waals surface area contributed by atoms with E-state index in [0.717, 1.165) is 37.3 Å². The van der Waals surface area contributed by atoms with Crippen LogP contribution in [0.1, 0.15) is 18.4 Å². The zero-order valence-electron chi connectivity index (χ0n) is 12.7. The first-order valence-electron chi connectivity index (χ1n) is 7.35. The zero-order chi connectivity index (χ0) is 15.3. The molecule has 0 saturated carbocycles. The monoisotopic (exact) mass is 328 g/mol. The van der Waals surface area contributed by atoms with Crippen molar-refractivity contribution < 1.29 is 8.42 Å². The maximum Gasteiger partial charge on any atom is 0.243 e. The molecule has 6 heteroatoms. The molecule has 2 rings (SSSR count). The van der Waals surface area contributed by atoms with Crippen LogP contribution in [0.4, 0.5) is 0 Å². The maximum atomic E-state index is 12.6. The standard InChI is InChI=1S/C15H24N2O2S2/c1-16-10-3-4-13-5-7-15(8-6-13)21(18,19)17(2)14-9-11-20-12-14/h5-8,14,16H,3-4,9-12H2,1-2H3. The summed E-state index contributed by atoms with van der Waals surface area (Å²) in [6, 6.07) is 7.47. The molecule has 1 aromatic rings. The van der Waals surface area contributed by atoms with Gasteiger partial charge < -0.3 is 5.32 Å². The van der Waals surface area contributed by atoms with Gasteiger partial charge in [0.15, 0.2) is 0 Å². The number of rotatable bonds is 7. The van der Waals surface area contributed by atoms with Crippen LogP contribution in [0, 0.1) is 0 Å². The molecule has 0 bridgehead atoms. The number of hydrogen-bond donors (Lipinski definition) is 1. The van der Waals surface area contributed by atoms with E-state index in [-0.39, 0.29) is 6.04 Å². The third kappa shape index (κ3) is 4.22. The summed E-state index contributed by atoms with van der Waals surface area (Å²) in [6.07, 6.45) is 2.97. The van der Waals surface area contributed by atoms with Gasteiger partial charge in [-0.1, -0.05) is 12.1 Å². The van der Waals surface area contributed by atoms with Crippen LogP contribution in [0.2, 0.25) is 0 Å². The average molecular weight is 329 g/mol. The molecule has 4 nitrogen and oxygen atoms in total. The summed E-state index contributed by atoms with van der Waals surface area (Å²) in [4.78, 5) is 0.402. The van der Waals surface area contributed by atoms with Gasteiger partial charge in [0.2, 0.25) is 10.0 Å². The van der Waals surface area contributed by atoms with Crippen LogP contribution >= 0.6 is 11.8 Å². The fourth-order valence-corrected chi connectivity index (χ4v) is 5.22. The molecule has 1 fully saturated rings. The Labute approximate surface area is 132 Å². The molecular weight excluding hydrogens is 304 g/mol. The van der Waals surface area contributed by atoms with Crippen molar-refractivity contribution in [3.05, 3.63) is 29.8 Å². The Kier molecular flexibility index (Phi) is 6.10. The second kappa shape index (κ2) is 7.63. The van der Waals surface area contributed by atoms with Gasteiger partial charge in [0.25, 0.3) is 0 Å². The minimum Gasteiger partial charge on any atom is -0.320 e. The van der Waals surface area contributed by atoms with Crippen molar-refractivity contribution in [3.63, 3.8) is 0 Å². The van der Waals surface area contributed by atoms with Crippen LogP contribution in [0.5, 0.6) is 0 Å². The van der Waals surface area contributed by atoms with E-state index in [1.807, 2.05) is 30.9 Å². The minimum absolute atomic E-state index is 0.135. The van der Waals surface area contributed by atoms with Gasteiger partial charge in [0.05, 0.1) is 4.90 Å². The minimum atomic E-state index is -3.36. The summed E-state index contributed by atoms with van der Waals surface area (Å²) in [6.45, 7) is 0.974. The number of hydrogen-bond acceptors (Lipinski definition) is 4. The first kappa shape index (κ1) is 16.8. The molecule has 118 valence electrons. The Morgan fingerprint density at radius 1 is 1.33 bits per heavy atom. The smallest absolute Gasteiger partial charge is 0.243 e. The lowest BCUT2D eigenvalue weighted by Gasteiger charge is -2.23. The van der Waals surface area contributed by atoms with Gasteiger partial charge in [-0.3, -0.25) is 0 Å². The van der Waals surface area contributed by atoms with Gasteiger partial charge >= 0.3 is 0 Å². The van der Waals surface area contributed by atoms with E-state index in [2.05, 4.69) is 5.32 Å². The molecule has 1 unspecified atom stereocenters. The maximum absolute atomic E-state index is 12.6. The number of aryl methyl sites for hydroxylation is 1. The number of nitrogens with one attached hydrogen (secondary N) is 1. The molecule has 0 aromatic heterocycles. The fraction of sp³-hybridized carbons (Fsp3) is 0.600. The Hall–Kier alpha value is -0.560. The molecular formula is C15H24N2O2S2.